The third-order valence-corrected chi connectivity index (χ3v) is 3.92. The van der Waals surface area contributed by atoms with Gasteiger partial charge in [0.05, 0.1) is 13.2 Å². The van der Waals surface area contributed by atoms with Gasteiger partial charge in [-0.2, -0.15) is 0 Å². The molecular weight excluding hydrogens is 324 g/mol. The number of ether oxygens (including phenoxy) is 1. The number of hydrogen-bond acceptors (Lipinski definition) is 3. The summed E-state index contributed by atoms with van der Waals surface area (Å²) in [6.07, 6.45) is 0. The number of benzene rings is 3. The summed E-state index contributed by atoms with van der Waals surface area (Å²) in [4.78, 5) is 12.1. The predicted octanol–water partition coefficient (Wildman–Crippen LogP) is 4.93. The lowest BCUT2D eigenvalue weighted by Crippen LogP contribution is -2.21. The highest BCUT2D eigenvalue weighted by Gasteiger charge is 2.04. The van der Waals surface area contributed by atoms with Crippen molar-refractivity contribution in [3.05, 3.63) is 66.7 Å². The topological polar surface area (TPSA) is 50.4 Å². The number of rotatable bonds is 7. The van der Waals surface area contributed by atoms with Gasteiger partial charge >= 0.3 is 0 Å². The number of fused-ring (bicyclic) bond motifs is 1. The highest BCUT2D eigenvalue weighted by Crippen LogP contribution is 2.19. The number of nitrogens with one attached hydrogen (secondary N) is 2. The Morgan fingerprint density at radius 3 is 2.35 bits per heavy atom. The molecule has 1 amide bonds. The van der Waals surface area contributed by atoms with Gasteiger partial charge in [-0.05, 0) is 53.1 Å². The first-order chi connectivity index (χ1) is 12.6. The van der Waals surface area contributed by atoms with Crippen LogP contribution in [0.5, 0.6) is 5.75 Å². The highest BCUT2D eigenvalue weighted by molar-refractivity contribution is 5.94. The molecule has 0 aromatic heterocycles. The average molecular weight is 348 g/mol. The molecule has 134 valence electrons. The maximum absolute atomic E-state index is 12.1. The van der Waals surface area contributed by atoms with Crippen LogP contribution in [-0.2, 0) is 4.79 Å². The molecule has 0 fully saturated rings. The van der Waals surface area contributed by atoms with E-state index in [-0.39, 0.29) is 12.5 Å². The molecule has 0 atom stereocenters. The molecule has 0 radical (unpaired) electrons. The molecule has 3 aromatic carbocycles. The van der Waals surface area contributed by atoms with Crippen LogP contribution in [0.15, 0.2) is 66.7 Å². The molecule has 0 aliphatic carbocycles. The van der Waals surface area contributed by atoms with E-state index >= 15 is 0 Å². The Hall–Kier alpha value is -3.01. The van der Waals surface area contributed by atoms with Gasteiger partial charge in [-0.1, -0.05) is 44.2 Å². The van der Waals surface area contributed by atoms with Crippen molar-refractivity contribution in [2.45, 2.75) is 13.8 Å². The second kappa shape index (κ2) is 8.39. The molecular formula is C22H24N2O2. The van der Waals surface area contributed by atoms with Crippen molar-refractivity contribution in [2.75, 3.05) is 23.8 Å². The van der Waals surface area contributed by atoms with Gasteiger partial charge in [0.25, 0.3) is 0 Å². The summed E-state index contributed by atoms with van der Waals surface area (Å²) in [6, 6.07) is 21.7. The number of hydrogen-bond donors (Lipinski definition) is 2. The number of carbonyl (C=O) groups is 1. The molecule has 0 heterocycles. The normalized spacial score (nSPS) is 10.7. The van der Waals surface area contributed by atoms with E-state index < -0.39 is 0 Å². The first-order valence-electron chi connectivity index (χ1n) is 8.85. The number of anilines is 2. The molecule has 26 heavy (non-hydrogen) atoms. The Morgan fingerprint density at radius 1 is 0.923 bits per heavy atom. The molecule has 0 bridgehead atoms. The lowest BCUT2D eigenvalue weighted by Gasteiger charge is -2.11. The highest BCUT2D eigenvalue weighted by atomic mass is 16.5. The van der Waals surface area contributed by atoms with Gasteiger partial charge in [0.2, 0.25) is 5.91 Å². The smallest absolute Gasteiger partial charge is 0.243 e. The molecule has 3 aromatic rings. The predicted molar refractivity (Wildman–Crippen MR) is 108 cm³/mol. The second-order valence-electron chi connectivity index (χ2n) is 6.69. The summed E-state index contributed by atoms with van der Waals surface area (Å²) >= 11 is 0. The van der Waals surface area contributed by atoms with Crippen LogP contribution in [-0.4, -0.2) is 19.1 Å². The minimum Gasteiger partial charge on any atom is -0.493 e. The fourth-order valence-corrected chi connectivity index (χ4v) is 2.58. The van der Waals surface area contributed by atoms with Gasteiger partial charge < -0.3 is 15.4 Å². The van der Waals surface area contributed by atoms with Gasteiger partial charge in [-0.15, -0.1) is 0 Å². The minimum atomic E-state index is -0.0889. The van der Waals surface area contributed by atoms with Gasteiger partial charge in [-0.3, -0.25) is 4.79 Å². The van der Waals surface area contributed by atoms with E-state index in [0.717, 1.165) is 22.5 Å². The van der Waals surface area contributed by atoms with Crippen LogP contribution in [0, 0.1) is 5.92 Å². The van der Waals surface area contributed by atoms with Crippen molar-refractivity contribution < 1.29 is 9.53 Å². The van der Waals surface area contributed by atoms with Crippen LogP contribution in [0.1, 0.15) is 13.8 Å². The quantitative estimate of drug-likeness (QED) is 0.637. The zero-order valence-corrected chi connectivity index (χ0v) is 15.2. The van der Waals surface area contributed by atoms with Crippen molar-refractivity contribution >= 4 is 28.1 Å². The SMILES string of the molecule is CC(C)COc1ccc(NC(=O)CNc2ccc3ccccc3c2)cc1. The van der Waals surface area contributed by atoms with Crippen LogP contribution in [0.4, 0.5) is 11.4 Å². The van der Waals surface area contributed by atoms with E-state index in [0.29, 0.717) is 12.5 Å². The molecule has 0 unspecified atom stereocenters. The number of amides is 1. The third-order valence-electron chi connectivity index (χ3n) is 3.92. The van der Waals surface area contributed by atoms with Crippen molar-refractivity contribution in [2.24, 2.45) is 5.92 Å². The first-order valence-corrected chi connectivity index (χ1v) is 8.85. The van der Waals surface area contributed by atoms with E-state index in [4.69, 9.17) is 4.74 Å². The van der Waals surface area contributed by atoms with Crippen LogP contribution in [0.25, 0.3) is 10.8 Å². The minimum absolute atomic E-state index is 0.0889. The van der Waals surface area contributed by atoms with Gasteiger partial charge in [0.1, 0.15) is 5.75 Å². The van der Waals surface area contributed by atoms with E-state index in [1.807, 2.05) is 54.6 Å². The molecule has 4 heteroatoms. The summed E-state index contributed by atoms with van der Waals surface area (Å²) in [7, 11) is 0. The Bertz CT molecular complexity index is 873. The van der Waals surface area contributed by atoms with E-state index in [2.05, 4.69) is 36.6 Å². The van der Waals surface area contributed by atoms with Crippen LogP contribution in [0.3, 0.4) is 0 Å². The van der Waals surface area contributed by atoms with Gasteiger partial charge in [0.15, 0.2) is 0 Å². The lowest BCUT2D eigenvalue weighted by molar-refractivity contribution is -0.114. The zero-order valence-electron chi connectivity index (χ0n) is 15.2. The maximum atomic E-state index is 12.1. The standard InChI is InChI=1S/C22H24N2O2/c1-16(2)15-26-21-11-9-19(10-12-21)24-22(25)14-23-20-8-7-17-5-3-4-6-18(17)13-20/h3-13,16,23H,14-15H2,1-2H3,(H,24,25). The maximum Gasteiger partial charge on any atom is 0.243 e. The van der Waals surface area contributed by atoms with Gasteiger partial charge in [0, 0.05) is 11.4 Å². The Labute approximate surface area is 154 Å². The Kier molecular flexibility index (Phi) is 5.74. The first kappa shape index (κ1) is 17.8. The van der Waals surface area contributed by atoms with Crippen LogP contribution >= 0.6 is 0 Å². The Morgan fingerprint density at radius 2 is 1.62 bits per heavy atom. The molecule has 0 aliphatic heterocycles. The largest absolute Gasteiger partial charge is 0.493 e. The second-order valence-corrected chi connectivity index (χ2v) is 6.69. The van der Waals surface area contributed by atoms with Crippen LogP contribution < -0.4 is 15.4 Å². The van der Waals surface area contributed by atoms with Crippen LogP contribution in [0.2, 0.25) is 0 Å². The summed E-state index contributed by atoms with van der Waals surface area (Å²) < 4.78 is 5.64. The fourth-order valence-electron chi connectivity index (χ4n) is 2.58. The van der Waals surface area contributed by atoms with E-state index in [9.17, 15) is 4.79 Å². The van der Waals surface area contributed by atoms with E-state index in [1.165, 1.54) is 5.39 Å². The monoisotopic (exact) mass is 348 g/mol. The Balaban J connectivity index is 1.51. The molecule has 0 spiro atoms. The van der Waals surface area contributed by atoms with Crippen molar-refractivity contribution in [3.63, 3.8) is 0 Å². The molecule has 0 aliphatic rings. The molecule has 0 saturated carbocycles. The lowest BCUT2D eigenvalue weighted by atomic mass is 10.1. The summed E-state index contributed by atoms with van der Waals surface area (Å²) in [5.41, 5.74) is 1.68. The third kappa shape index (κ3) is 4.99. The van der Waals surface area contributed by atoms with E-state index in [1.54, 1.807) is 0 Å². The molecule has 0 saturated heterocycles. The average Bonchev–Trinajstić information content (AvgIpc) is 2.65. The van der Waals surface area contributed by atoms with Crippen molar-refractivity contribution in [1.29, 1.82) is 0 Å². The van der Waals surface area contributed by atoms with Crippen molar-refractivity contribution in [3.8, 4) is 5.75 Å². The summed E-state index contributed by atoms with van der Waals surface area (Å²) in [5, 5.41) is 8.38. The summed E-state index contributed by atoms with van der Waals surface area (Å²) in [6.45, 7) is 5.11. The zero-order chi connectivity index (χ0) is 18.4. The molecule has 3 rings (SSSR count). The molecule has 2 N–H and O–H groups in total. The molecule has 4 nitrogen and oxygen atoms in total. The van der Waals surface area contributed by atoms with Crippen molar-refractivity contribution in [1.82, 2.24) is 0 Å². The summed E-state index contributed by atoms with van der Waals surface area (Å²) in [5.74, 6) is 1.20. The fraction of sp³-hybridized carbons (Fsp3) is 0.227. The van der Waals surface area contributed by atoms with Gasteiger partial charge in [-0.25, -0.2) is 0 Å². The number of carbonyl (C=O) groups excluding carboxylic acids is 1.